The molecule has 124 valence electrons. The van der Waals surface area contributed by atoms with Crippen LogP contribution in [0, 0.1) is 0 Å². The minimum Gasteiger partial charge on any atom is -0.348 e. The van der Waals surface area contributed by atoms with Crippen molar-refractivity contribution in [2.24, 2.45) is 7.05 Å². The zero-order valence-electron chi connectivity index (χ0n) is 13.2. The van der Waals surface area contributed by atoms with Gasteiger partial charge in [-0.3, -0.25) is 14.5 Å². The van der Waals surface area contributed by atoms with Gasteiger partial charge in [0.25, 0.3) is 5.91 Å². The lowest BCUT2D eigenvalue weighted by atomic mass is 9.92. The lowest BCUT2D eigenvalue weighted by Gasteiger charge is -2.22. The standard InChI is InChI=1S/C17H16ClN3O3/c1-17(11-5-7-12(18)8-6-11)15(23)21(16(24)19-17)10-14(22)13-4-3-9-20(13)2/h3-9H,10H2,1-2H3,(H,19,24). The van der Waals surface area contributed by atoms with Crippen molar-refractivity contribution >= 4 is 29.3 Å². The van der Waals surface area contributed by atoms with Crippen molar-refractivity contribution in [1.82, 2.24) is 14.8 Å². The van der Waals surface area contributed by atoms with Gasteiger partial charge in [0.2, 0.25) is 0 Å². The quantitative estimate of drug-likeness (QED) is 0.683. The SMILES string of the molecule is Cn1cccc1C(=O)CN1C(=O)NC(C)(c2ccc(Cl)cc2)C1=O. The molecule has 0 bridgehead atoms. The summed E-state index contributed by atoms with van der Waals surface area (Å²) in [4.78, 5) is 38.3. The van der Waals surface area contributed by atoms with Gasteiger partial charge in [-0.1, -0.05) is 23.7 Å². The van der Waals surface area contributed by atoms with Gasteiger partial charge in [-0.15, -0.1) is 0 Å². The van der Waals surface area contributed by atoms with Crippen LogP contribution in [0.1, 0.15) is 23.0 Å². The molecule has 3 amide bonds. The fourth-order valence-electron chi connectivity index (χ4n) is 2.79. The van der Waals surface area contributed by atoms with Gasteiger partial charge in [0.15, 0.2) is 5.78 Å². The smallest absolute Gasteiger partial charge is 0.325 e. The average molecular weight is 346 g/mol. The second-order valence-corrected chi connectivity index (χ2v) is 6.32. The molecule has 3 rings (SSSR count). The number of halogens is 1. The normalized spacial score (nSPS) is 20.4. The molecule has 7 heteroatoms. The minimum atomic E-state index is -1.21. The third-order valence-corrected chi connectivity index (χ3v) is 4.48. The Morgan fingerprint density at radius 1 is 1.21 bits per heavy atom. The number of imide groups is 1. The zero-order valence-corrected chi connectivity index (χ0v) is 14.0. The number of hydrogen-bond acceptors (Lipinski definition) is 3. The number of benzene rings is 1. The fourth-order valence-corrected chi connectivity index (χ4v) is 2.92. The molecule has 1 aromatic carbocycles. The molecule has 1 N–H and O–H groups in total. The van der Waals surface area contributed by atoms with Crippen molar-refractivity contribution in [1.29, 1.82) is 0 Å². The topological polar surface area (TPSA) is 71.4 Å². The van der Waals surface area contributed by atoms with E-state index in [1.165, 1.54) is 0 Å². The van der Waals surface area contributed by atoms with E-state index >= 15 is 0 Å². The van der Waals surface area contributed by atoms with Crippen LogP contribution in [0.25, 0.3) is 0 Å². The molecule has 2 heterocycles. The number of nitrogens with one attached hydrogen (secondary N) is 1. The van der Waals surface area contributed by atoms with Crippen LogP contribution in [0.5, 0.6) is 0 Å². The first-order valence-electron chi connectivity index (χ1n) is 7.37. The maximum Gasteiger partial charge on any atom is 0.325 e. The van der Waals surface area contributed by atoms with Crippen molar-refractivity contribution in [3.05, 3.63) is 58.9 Å². The van der Waals surface area contributed by atoms with Gasteiger partial charge in [0.05, 0.1) is 12.2 Å². The Labute approximate surface area is 144 Å². The van der Waals surface area contributed by atoms with Crippen molar-refractivity contribution in [2.45, 2.75) is 12.5 Å². The first kappa shape index (κ1) is 16.3. The average Bonchev–Trinajstić information content (AvgIpc) is 3.05. The molecule has 0 spiro atoms. The molecule has 1 saturated heterocycles. The Kier molecular flexibility index (Phi) is 3.93. The number of carbonyl (C=O) groups excluding carboxylic acids is 3. The maximum atomic E-state index is 12.8. The van der Waals surface area contributed by atoms with Gasteiger partial charge in [-0.2, -0.15) is 0 Å². The number of rotatable bonds is 4. The lowest BCUT2D eigenvalue weighted by molar-refractivity contribution is -0.130. The number of urea groups is 1. The van der Waals surface area contributed by atoms with E-state index in [-0.39, 0.29) is 12.3 Å². The first-order chi connectivity index (χ1) is 11.3. The second-order valence-electron chi connectivity index (χ2n) is 5.88. The highest BCUT2D eigenvalue weighted by Crippen LogP contribution is 2.29. The Balaban J connectivity index is 1.85. The second kappa shape index (κ2) is 5.79. The van der Waals surface area contributed by atoms with Gasteiger partial charge in [0.1, 0.15) is 5.54 Å². The van der Waals surface area contributed by atoms with E-state index in [0.717, 1.165) is 4.90 Å². The van der Waals surface area contributed by atoms with E-state index in [1.54, 1.807) is 61.1 Å². The van der Waals surface area contributed by atoms with E-state index in [0.29, 0.717) is 16.3 Å². The molecule has 1 aliphatic rings. The highest BCUT2D eigenvalue weighted by atomic mass is 35.5. The van der Waals surface area contributed by atoms with Crippen LogP contribution in [-0.2, 0) is 17.4 Å². The van der Waals surface area contributed by atoms with Crippen LogP contribution in [0.3, 0.4) is 0 Å². The van der Waals surface area contributed by atoms with Crippen LogP contribution >= 0.6 is 11.6 Å². The number of ketones is 1. The number of aryl methyl sites for hydroxylation is 1. The molecule has 1 aromatic heterocycles. The number of nitrogens with zero attached hydrogens (tertiary/aromatic N) is 2. The van der Waals surface area contributed by atoms with Gasteiger partial charge < -0.3 is 9.88 Å². The fraction of sp³-hybridized carbons (Fsp3) is 0.235. The van der Waals surface area contributed by atoms with Gasteiger partial charge in [-0.05, 0) is 36.8 Å². The molecule has 0 aliphatic carbocycles. The Morgan fingerprint density at radius 2 is 1.88 bits per heavy atom. The molecule has 1 unspecified atom stereocenters. The molecule has 0 saturated carbocycles. The van der Waals surface area contributed by atoms with E-state index < -0.39 is 17.5 Å². The summed E-state index contributed by atoms with van der Waals surface area (Å²) in [6.45, 7) is 1.31. The summed E-state index contributed by atoms with van der Waals surface area (Å²) < 4.78 is 1.65. The van der Waals surface area contributed by atoms with Crippen LogP contribution in [0.15, 0.2) is 42.6 Å². The van der Waals surface area contributed by atoms with Crippen LogP contribution < -0.4 is 5.32 Å². The van der Waals surface area contributed by atoms with Crippen LogP contribution in [0.4, 0.5) is 4.79 Å². The van der Waals surface area contributed by atoms with Gasteiger partial charge in [0, 0.05) is 18.3 Å². The number of Topliss-reactive ketones (excluding diaryl/α,β-unsaturated/α-hetero) is 1. The molecule has 24 heavy (non-hydrogen) atoms. The summed E-state index contributed by atoms with van der Waals surface area (Å²) in [7, 11) is 1.73. The summed E-state index contributed by atoms with van der Waals surface area (Å²) in [5, 5.41) is 3.20. The van der Waals surface area contributed by atoms with Crippen molar-refractivity contribution in [3.8, 4) is 0 Å². The predicted octanol–water partition coefficient (Wildman–Crippen LogP) is 2.33. The number of aromatic nitrogens is 1. The highest BCUT2D eigenvalue weighted by Gasteiger charge is 2.49. The first-order valence-corrected chi connectivity index (χ1v) is 7.75. The summed E-state index contributed by atoms with van der Waals surface area (Å²) in [5.41, 5.74) is -0.161. The zero-order chi connectivity index (χ0) is 17.5. The largest absolute Gasteiger partial charge is 0.348 e. The van der Waals surface area contributed by atoms with Gasteiger partial charge >= 0.3 is 6.03 Å². The number of carbonyl (C=O) groups is 3. The Bertz CT molecular complexity index is 828. The Morgan fingerprint density at radius 3 is 2.46 bits per heavy atom. The monoisotopic (exact) mass is 345 g/mol. The van der Waals surface area contributed by atoms with E-state index in [2.05, 4.69) is 5.32 Å². The molecule has 0 radical (unpaired) electrons. The van der Waals surface area contributed by atoms with E-state index in [1.807, 2.05) is 0 Å². The molecule has 2 aromatic rings. The summed E-state index contributed by atoms with van der Waals surface area (Å²) in [6.07, 6.45) is 1.73. The van der Waals surface area contributed by atoms with Gasteiger partial charge in [-0.25, -0.2) is 4.79 Å². The molecule has 1 fully saturated rings. The number of hydrogen-bond donors (Lipinski definition) is 1. The predicted molar refractivity (Wildman–Crippen MR) is 88.8 cm³/mol. The summed E-state index contributed by atoms with van der Waals surface area (Å²) in [6, 6.07) is 9.47. The third-order valence-electron chi connectivity index (χ3n) is 4.23. The lowest BCUT2D eigenvalue weighted by Crippen LogP contribution is -2.41. The molecular weight excluding hydrogens is 330 g/mol. The van der Waals surface area contributed by atoms with E-state index in [4.69, 9.17) is 11.6 Å². The third kappa shape index (κ3) is 2.59. The van der Waals surface area contributed by atoms with E-state index in [9.17, 15) is 14.4 Å². The summed E-state index contributed by atoms with van der Waals surface area (Å²) >= 11 is 5.87. The summed E-state index contributed by atoms with van der Waals surface area (Å²) in [5.74, 6) is -0.760. The molecular formula is C17H16ClN3O3. The van der Waals surface area contributed by atoms with Crippen molar-refractivity contribution < 1.29 is 14.4 Å². The number of amides is 3. The minimum absolute atomic E-state index is 0.300. The van der Waals surface area contributed by atoms with Crippen LogP contribution in [-0.4, -0.2) is 33.7 Å². The van der Waals surface area contributed by atoms with Crippen molar-refractivity contribution in [2.75, 3.05) is 6.54 Å². The highest BCUT2D eigenvalue weighted by molar-refractivity contribution is 6.30. The maximum absolute atomic E-state index is 12.8. The molecule has 1 atom stereocenters. The van der Waals surface area contributed by atoms with Crippen LogP contribution in [0.2, 0.25) is 5.02 Å². The van der Waals surface area contributed by atoms with Crippen molar-refractivity contribution in [3.63, 3.8) is 0 Å². The molecule has 1 aliphatic heterocycles. The Hall–Kier alpha value is -2.60. The molecule has 6 nitrogen and oxygen atoms in total.